The highest BCUT2D eigenvalue weighted by Crippen LogP contribution is 2.01. The van der Waals surface area contributed by atoms with Gasteiger partial charge in [-0.05, 0) is 0 Å². The van der Waals surface area contributed by atoms with E-state index in [9.17, 15) is 10.1 Å². The molecule has 0 aromatic carbocycles. The fourth-order valence-corrected chi connectivity index (χ4v) is 0.551. The van der Waals surface area contributed by atoms with Gasteiger partial charge in [0.1, 0.15) is 0 Å². The zero-order valence-corrected chi connectivity index (χ0v) is 5.35. The van der Waals surface area contributed by atoms with Crippen LogP contribution in [0.1, 0.15) is 0 Å². The van der Waals surface area contributed by atoms with Gasteiger partial charge in [-0.1, -0.05) is 0 Å². The van der Waals surface area contributed by atoms with E-state index in [-0.39, 0.29) is 5.88 Å². The van der Waals surface area contributed by atoms with E-state index < -0.39 is 0 Å². The van der Waals surface area contributed by atoms with Crippen LogP contribution in [0.15, 0.2) is 18.6 Å². The molecule has 0 bridgehead atoms. The summed E-state index contributed by atoms with van der Waals surface area (Å²) >= 11 is 0. The molecule has 54 valence electrons. The summed E-state index contributed by atoms with van der Waals surface area (Å²) in [7, 11) is 1.32. The predicted molar refractivity (Wildman–Crippen MR) is 33.1 cm³/mol. The molecule has 0 aliphatic heterocycles. The van der Waals surface area contributed by atoms with Crippen LogP contribution in [-0.2, 0) is 0 Å². The van der Waals surface area contributed by atoms with Gasteiger partial charge in [0.2, 0.25) is 6.20 Å². The number of aromatic nitrogens is 2. The second kappa shape index (κ2) is 2.38. The Bertz CT molecular complexity index is 280. The summed E-state index contributed by atoms with van der Waals surface area (Å²) < 4.78 is 5.52. The van der Waals surface area contributed by atoms with Crippen molar-refractivity contribution in [3.05, 3.63) is 28.7 Å². The van der Waals surface area contributed by atoms with E-state index in [0.717, 1.165) is 18.6 Å². The summed E-state index contributed by atoms with van der Waals surface area (Å²) in [6.45, 7) is 0. The highest BCUT2D eigenvalue weighted by Gasteiger charge is 1.98. The first kappa shape index (κ1) is 6.60. The van der Waals surface area contributed by atoms with E-state index in [2.05, 4.69) is 4.74 Å². The molecule has 0 aliphatic carbocycles. The first-order chi connectivity index (χ1) is 4.74. The third kappa shape index (κ3) is 1.07. The van der Waals surface area contributed by atoms with Gasteiger partial charge in [-0.15, -0.1) is 0 Å². The summed E-state index contributed by atoms with van der Waals surface area (Å²) in [5, 5.41) is 10.6. The topological polar surface area (TPSA) is 60.2 Å². The molecular formula is C5H6N2O3. The fourth-order valence-electron chi connectivity index (χ4n) is 0.551. The van der Waals surface area contributed by atoms with Crippen molar-refractivity contribution in [2.75, 3.05) is 7.11 Å². The van der Waals surface area contributed by atoms with Crippen LogP contribution in [-0.4, -0.2) is 11.8 Å². The fraction of sp³-hybridized carbons (Fsp3) is 0.200. The van der Waals surface area contributed by atoms with Crippen molar-refractivity contribution in [1.82, 2.24) is 4.73 Å². The largest absolute Gasteiger partial charge is 0.803 e. The number of hydrogen-bond donors (Lipinski definition) is 0. The summed E-state index contributed by atoms with van der Waals surface area (Å²) in [6.07, 6.45) is 3.22. The van der Waals surface area contributed by atoms with Crippen LogP contribution in [0.2, 0.25) is 0 Å². The Morgan fingerprint density at radius 2 is 2.50 bits per heavy atom. The second-order valence-electron chi connectivity index (χ2n) is 1.66. The van der Waals surface area contributed by atoms with Gasteiger partial charge < -0.3 is 14.7 Å². The third-order valence-electron chi connectivity index (χ3n) is 1.01. The van der Waals surface area contributed by atoms with E-state index in [1.54, 1.807) is 0 Å². The molecule has 0 aliphatic rings. The normalized spacial score (nSPS) is 9.30. The Kier molecular flexibility index (Phi) is 1.57. The molecule has 1 rings (SSSR count). The Labute approximate surface area is 56.7 Å². The average molecular weight is 142 g/mol. The molecule has 1 heterocycles. The number of hydrogen-bond acceptors (Lipinski definition) is 3. The number of ether oxygens (including phenoxy) is 1. The lowest BCUT2D eigenvalue weighted by atomic mass is 10.7. The van der Waals surface area contributed by atoms with Gasteiger partial charge in [0.15, 0.2) is 0 Å². The van der Waals surface area contributed by atoms with Crippen LogP contribution < -0.4 is 9.16 Å². The third-order valence-corrected chi connectivity index (χ3v) is 1.01. The van der Waals surface area contributed by atoms with Crippen molar-refractivity contribution < 1.29 is 9.16 Å². The zero-order valence-electron chi connectivity index (χ0n) is 5.35. The van der Waals surface area contributed by atoms with Gasteiger partial charge in [0, 0.05) is 4.91 Å². The molecule has 5 nitrogen and oxygen atoms in total. The van der Waals surface area contributed by atoms with Gasteiger partial charge >= 0.3 is 0 Å². The molecule has 0 saturated heterocycles. The van der Waals surface area contributed by atoms with E-state index in [4.69, 9.17) is 0 Å². The highest BCUT2D eigenvalue weighted by molar-refractivity contribution is 5.02. The Morgan fingerprint density at radius 3 is 3.00 bits per heavy atom. The second-order valence-corrected chi connectivity index (χ2v) is 1.66. The molecule has 0 fully saturated rings. The molecule has 0 radical (unpaired) electrons. The standard InChI is InChI=1S/C5H6N2O3/c1-10-5-4-6(8)2-3-7(5)9/h2-4H,1H3. The smallest absolute Gasteiger partial charge is 0.287 e. The average Bonchev–Trinajstić information content (AvgIpc) is 1.94. The lowest BCUT2D eigenvalue weighted by Crippen LogP contribution is -2.14. The minimum atomic E-state index is -0.0162. The SMILES string of the molecule is COc1c[n+](=O)ccn1[O-]. The van der Waals surface area contributed by atoms with Gasteiger partial charge in [-0.25, -0.2) is 0 Å². The minimum Gasteiger partial charge on any atom is -0.803 e. The van der Waals surface area contributed by atoms with Crippen molar-refractivity contribution in [3.8, 4) is 5.88 Å². The Balaban J connectivity index is 3.22. The van der Waals surface area contributed by atoms with Crippen LogP contribution in [0.3, 0.4) is 0 Å². The molecule has 0 unspecified atom stereocenters. The Hall–Kier alpha value is -1.52. The molecule has 0 N–H and O–H groups in total. The first-order valence-corrected chi connectivity index (χ1v) is 2.60. The van der Waals surface area contributed by atoms with Gasteiger partial charge in [0.25, 0.3) is 12.1 Å². The van der Waals surface area contributed by atoms with Crippen molar-refractivity contribution in [2.45, 2.75) is 0 Å². The van der Waals surface area contributed by atoms with Crippen LogP contribution >= 0.6 is 0 Å². The van der Waals surface area contributed by atoms with Crippen molar-refractivity contribution in [3.63, 3.8) is 0 Å². The summed E-state index contributed by atoms with van der Waals surface area (Å²) in [5.74, 6) is -0.0162. The lowest BCUT2D eigenvalue weighted by molar-refractivity contribution is -0.496. The van der Waals surface area contributed by atoms with Gasteiger partial charge in [0.05, 0.1) is 17.7 Å². The monoisotopic (exact) mass is 142 g/mol. The molecule has 0 saturated carbocycles. The lowest BCUT2D eigenvalue weighted by Gasteiger charge is -2.10. The predicted octanol–water partition coefficient (Wildman–Crippen LogP) is -0.243. The summed E-state index contributed by atoms with van der Waals surface area (Å²) in [4.78, 5) is 10.5. The van der Waals surface area contributed by atoms with E-state index >= 15 is 0 Å². The molecular weight excluding hydrogens is 136 g/mol. The van der Waals surface area contributed by atoms with Crippen LogP contribution in [0, 0.1) is 10.1 Å². The maximum Gasteiger partial charge on any atom is 0.287 e. The van der Waals surface area contributed by atoms with Crippen molar-refractivity contribution in [1.29, 1.82) is 0 Å². The molecule has 0 spiro atoms. The van der Waals surface area contributed by atoms with Gasteiger partial charge in [-0.2, -0.15) is 0 Å². The van der Waals surface area contributed by atoms with Crippen LogP contribution in [0.4, 0.5) is 0 Å². The van der Waals surface area contributed by atoms with Crippen LogP contribution in [0.25, 0.3) is 0 Å². The van der Waals surface area contributed by atoms with Crippen molar-refractivity contribution >= 4 is 0 Å². The molecule has 5 heteroatoms. The molecule has 0 amide bonds. The van der Waals surface area contributed by atoms with Gasteiger partial charge in [-0.3, -0.25) is 0 Å². The number of methoxy groups -OCH3 is 1. The van der Waals surface area contributed by atoms with E-state index in [1.807, 2.05) is 0 Å². The summed E-state index contributed by atoms with van der Waals surface area (Å²) in [5.41, 5.74) is 0. The van der Waals surface area contributed by atoms with E-state index in [1.165, 1.54) is 7.11 Å². The Morgan fingerprint density at radius 1 is 1.80 bits per heavy atom. The first-order valence-electron chi connectivity index (χ1n) is 2.60. The maximum atomic E-state index is 10.6. The molecule has 10 heavy (non-hydrogen) atoms. The zero-order chi connectivity index (χ0) is 7.56. The van der Waals surface area contributed by atoms with Crippen molar-refractivity contribution in [2.24, 2.45) is 0 Å². The summed E-state index contributed by atoms with van der Waals surface area (Å²) in [6, 6.07) is 0. The quantitative estimate of drug-likeness (QED) is 0.508. The van der Waals surface area contributed by atoms with Crippen LogP contribution in [0.5, 0.6) is 5.88 Å². The molecule has 1 aromatic rings. The highest BCUT2D eigenvalue weighted by atomic mass is 16.5. The number of rotatable bonds is 1. The maximum absolute atomic E-state index is 10.6. The molecule has 0 atom stereocenters. The number of nitrogens with zero attached hydrogens (tertiary/aromatic N) is 2. The van der Waals surface area contributed by atoms with E-state index in [0.29, 0.717) is 9.16 Å². The molecule has 1 aromatic heterocycles. The minimum absolute atomic E-state index is 0.0162.